The molecule has 0 bridgehead atoms. The first-order valence-corrected chi connectivity index (χ1v) is 9.79. The highest BCUT2D eigenvalue weighted by Gasteiger charge is 2.16. The number of hydrogen-bond donors (Lipinski definition) is 1. The van der Waals surface area contributed by atoms with E-state index < -0.39 is 0 Å². The minimum Gasteiger partial charge on any atom is -0.493 e. The average molecular weight is 405 g/mol. The summed E-state index contributed by atoms with van der Waals surface area (Å²) in [7, 11) is 0. The zero-order valence-corrected chi connectivity index (χ0v) is 16.9. The van der Waals surface area contributed by atoms with Crippen LogP contribution in [0, 0.1) is 6.92 Å². The van der Waals surface area contributed by atoms with Crippen LogP contribution in [0.4, 0.5) is 5.69 Å². The molecule has 1 aliphatic heterocycles. The third-order valence-corrected chi connectivity index (χ3v) is 4.73. The lowest BCUT2D eigenvalue weighted by molar-refractivity contribution is 0.102. The van der Waals surface area contributed by atoms with E-state index in [0.29, 0.717) is 41.7 Å². The Morgan fingerprint density at radius 2 is 1.80 bits per heavy atom. The molecule has 3 aromatic carbocycles. The van der Waals surface area contributed by atoms with Gasteiger partial charge in [-0.2, -0.15) is 0 Å². The van der Waals surface area contributed by atoms with Gasteiger partial charge in [0.2, 0.25) is 6.79 Å². The Bertz CT molecular complexity index is 1060. The number of nitrogens with one attached hydrogen (secondary N) is 1. The van der Waals surface area contributed by atoms with Gasteiger partial charge >= 0.3 is 0 Å². The Morgan fingerprint density at radius 3 is 2.63 bits per heavy atom. The van der Waals surface area contributed by atoms with Crippen molar-refractivity contribution in [1.82, 2.24) is 0 Å². The second-order valence-corrected chi connectivity index (χ2v) is 6.83. The van der Waals surface area contributed by atoms with Gasteiger partial charge in [0, 0.05) is 22.9 Å². The minimum absolute atomic E-state index is 0.190. The van der Waals surface area contributed by atoms with Crippen molar-refractivity contribution in [3.63, 3.8) is 0 Å². The fourth-order valence-electron chi connectivity index (χ4n) is 3.18. The molecule has 4 rings (SSSR count). The van der Waals surface area contributed by atoms with Crippen LogP contribution < -0.4 is 24.3 Å². The molecule has 1 heterocycles. The summed E-state index contributed by atoms with van der Waals surface area (Å²) < 4.78 is 22.4. The van der Waals surface area contributed by atoms with Gasteiger partial charge in [0.25, 0.3) is 5.91 Å². The number of para-hydroxylation sites is 1. The molecule has 0 aromatic heterocycles. The second kappa shape index (κ2) is 8.78. The fourth-order valence-corrected chi connectivity index (χ4v) is 3.18. The normalized spacial score (nSPS) is 11.8. The molecule has 0 saturated heterocycles. The Labute approximate surface area is 175 Å². The summed E-state index contributed by atoms with van der Waals surface area (Å²) >= 11 is 0. The van der Waals surface area contributed by atoms with Crippen molar-refractivity contribution in [1.29, 1.82) is 0 Å². The highest BCUT2D eigenvalue weighted by atomic mass is 16.7. The predicted molar refractivity (Wildman–Crippen MR) is 114 cm³/mol. The molecule has 6 heteroatoms. The Hall–Kier alpha value is -3.67. The smallest absolute Gasteiger partial charge is 0.255 e. The van der Waals surface area contributed by atoms with Gasteiger partial charge < -0.3 is 24.3 Å². The number of ether oxygens (including phenoxy) is 4. The predicted octanol–water partition coefficient (Wildman–Crippen LogP) is 4.95. The largest absolute Gasteiger partial charge is 0.493 e. The number of aryl methyl sites for hydroxylation is 1. The number of carbonyl (C=O) groups is 1. The van der Waals surface area contributed by atoms with E-state index >= 15 is 0 Å². The van der Waals surface area contributed by atoms with Gasteiger partial charge in [-0.3, -0.25) is 4.79 Å². The standard InChI is InChI=1S/C24H23NO5/c1-3-27-21-10-8-17(12-18(21)14-28-20-7-5-4-6-16(20)2)24(26)25-19-9-11-22-23(13-19)30-15-29-22/h4-13H,3,14-15H2,1-2H3,(H,25,26). The summed E-state index contributed by atoms with van der Waals surface area (Å²) in [5.74, 6) is 2.56. The number of hydrogen-bond acceptors (Lipinski definition) is 5. The molecule has 0 spiro atoms. The van der Waals surface area contributed by atoms with E-state index in [1.165, 1.54) is 0 Å². The number of amides is 1. The zero-order chi connectivity index (χ0) is 20.9. The van der Waals surface area contributed by atoms with Crippen LogP contribution in [0.25, 0.3) is 0 Å². The first-order chi connectivity index (χ1) is 14.6. The molecule has 0 fully saturated rings. The second-order valence-electron chi connectivity index (χ2n) is 6.83. The molecule has 0 aliphatic carbocycles. The van der Waals surface area contributed by atoms with Crippen molar-refractivity contribution in [3.8, 4) is 23.0 Å². The number of anilines is 1. The van der Waals surface area contributed by atoms with Crippen molar-refractivity contribution >= 4 is 11.6 Å². The van der Waals surface area contributed by atoms with Crippen molar-refractivity contribution in [2.24, 2.45) is 0 Å². The lowest BCUT2D eigenvalue weighted by Crippen LogP contribution is -2.13. The monoisotopic (exact) mass is 405 g/mol. The van der Waals surface area contributed by atoms with Crippen LogP contribution in [-0.2, 0) is 6.61 Å². The Kier molecular flexibility index (Phi) is 5.75. The van der Waals surface area contributed by atoms with E-state index in [1.807, 2.05) is 38.1 Å². The van der Waals surface area contributed by atoms with E-state index in [-0.39, 0.29) is 12.7 Å². The molecule has 1 aliphatic rings. The molecule has 6 nitrogen and oxygen atoms in total. The van der Waals surface area contributed by atoms with Crippen molar-refractivity contribution in [2.45, 2.75) is 20.5 Å². The van der Waals surface area contributed by atoms with Crippen molar-refractivity contribution in [2.75, 3.05) is 18.7 Å². The molecule has 0 saturated carbocycles. The number of carbonyl (C=O) groups excluding carboxylic acids is 1. The summed E-state index contributed by atoms with van der Waals surface area (Å²) in [6.07, 6.45) is 0. The van der Waals surface area contributed by atoms with Crippen molar-refractivity contribution < 1.29 is 23.7 Å². The zero-order valence-electron chi connectivity index (χ0n) is 16.9. The molecular weight excluding hydrogens is 382 g/mol. The van der Waals surface area contributed by atoms with Gasteiger partial charge in [-0.05, 0) is 55.8 Å². The number of rotatable bonds is 7. The Morgan fingerprint density at radius 1 is 0.967 bits per heavy atom. The molecule has 0 atom stereocenters. The van der Waals surface area contributed by atoms with E-state index in [1.54, 1.807) is 36.4 Å². The summed E-state index contributed by atoms with van der Waals surface area (Å²) in [6, 6.07) is 18.5. The van der Waals surface area contributed by atoms with Crippen molar-refractivity contribution in [3.05, 3.63) is 77.4 Å². The van der Waals surface area contributed by atoms with Crippen LogP contribution in [0.15, 0.2) is 60.7 Å². The lowest BCUT2D eigenvalue weighted by atomic mass is 10.1. The van der Waals surface area contributed by atoms with E-state index in [2.05, 4.69) is 5.32 Å². The first kappa shape index (κ1) is 19.6. The third-order valence-electron chi connectivity index (χ3n) is 4.73. The average Bonchev–Trinajstić information content (AvgIpc) is 3.22. The summed E-state index contributed by atoms with van der Waals surface area (Å²) in [5.41, 5.74) is 3.00. The lowest BCUT2D eigenvalue weighted by Gasteiger charge is -2.14. The summed E-state index contributed by atoms with van der Waals surface area (Å²) in [6.45, 7) is 4.93. The molecule has 0 radical (unpaired) electrons. The number of benzene rings is 3. The van der Waals surface area contributed by atoms with Crippen LogP contribution in [0.5, 0.6) is 23.0 Å². The molecule has 0 unspecified atom stereocenters. The molecule has 1 amide bonds. The fraction of sp³-hybridized carbons (Fsp3) is 0.208. The third kappa shape index (κ3) is 4.33. The van der Waals surface area contributed by atoms with Gasteiger partial charge in [0.1, 0.15) is 18.1 Å². The van der Waals surface area contributed by atoms with Crippen LogP contribution in [0.2, 0.25) is 0 Å². The maximum absolute atomic E-state index is 12.8. The van der Waals surface area contributed by atoms with Crippen LogP contribution in [-0.4, -0.2) is 19.3 Å². The molecule has 154 valence electrons. The van der Waals surface area contributed by atoms with Crippen LogP contribution in [0.3, 0.4) is 0 Å². The maximum Gasteiger partial charge on any atom is 0.255 e. The van der Waals surface area contributed by atoms with Crippen LogP contribution >= 0.6 is 0 Å². The van der Waals surface area contributed by atoms with E-state index in [9.17, 15) is 4.79 Å². The molecular formula is C24H23NO5. The van der Waals surface area contributed by atoms with Gasteiger partial charge in [0.15, 0.2) is 11.5 Å². The van der Waals surface area contributed by atoms with Gasteiger partial charge in [0.05, 0.1) is 6.61 Å². The quantitative estimate of drug-likeness (QED) is 0.602. The molecule has 3 aromatic rings. The highest BCUT2D eigenvalue weighted by Crippen LogP contribution is 2.34. The first-order valence-electron chi connectivity index (χ1n) is 9.79. The summed E-state index contributed by atoms with van der Waals surface area (Å²) in [5, 5.41) is 2.89. The molecule has 1 N–H and O–H groups in total. The summed E-state index contributed by atoms with van der Waals surface area (Å²) in [4.78, 5) is 12.8. The van der Waals surface area contributed by atoms with Gasteiger partial charge in [-0.15, -0.1) is 0 Å². The van der Waals surface area contributed by atoms with Gasteiger partial charge in [-0.25, -0.2) is 0 Å². The topological polar surface area (TPSA) is 66.0 Å². The SMILES string of the molecule is CCOc1ccc(C(=O)Nc2ccc3c(c2)OCO3)cc1COc1ccccc1C. The van der Waals surface area contributed by atoms with E-state index in [4.69, 9.17) is 18.9 Å². The minimum atomic E-state index is -0.228. The Balaban J connectivity index is 1.52. The maximum atomic E-state index is 12.8. The molecule has 30 heavy (non-hydrogen) atoms. The van der Waals surface area contributed by atoms with Gasteiger partial charge in [-0.1, -0.05) is 18.2 Å². The van der Waals surface area contributed by atoms with E-state index in [0.717, 1.165) is 16.9 Å². The van der Waals surface area contributed by atoms with Crippen LogP contribution in [0.1, 0.15) is 28.4 Å². The highest BCUT2D eigenvalue weighted by molar-refractivity contribution is 6.04. The number of fused-ring (bicyclic) bond motifs is 1.